The van der Waals surface area contributed by atoms with E-state index in [-0.39, 0.29) is 6.54 Å². The quantitative estimate of drug-likeness (QED) is 0.583. The molecule has 0 amide bonds. The fourth-order valence-electron chi connectivity index (χ4n) is 2.81. The van der Waals surface area contributed by atoms with E-state index in [1.807, 2.05) is 6.92 Å². The zero-order chi connectivity index (χ0) is 18.4. The number of rotatable bonds is 7. The number of nitrogens with one attached hydrogen (secondary N) is 2. The molecule has 1 aliphatic carbocycles. The molecule has 140 valence electrons. The van der Waals surface area contributed by atoms with Gasteiger partial charge in [0.2, 0.25) is 0 Å². The molecule has 1 atom stereocenters. The van der Waals surface area contributed by atoms with E-state index >= 15 is 0 Å². The first kappa shape index (κ1) is 19.6. The van der Waals surface area contributed by atoms with Crippen LogP contribution in [0, 0.1) is 5.92 Å². The van der Waals surface area contributed by atoms with E-state index in [4.69, 9.17) is 0 Å². The van der Waals surface area contributed by atoms with Gasteiger partial charge in [0.05, 0.1) is 12.1 Å². The average Bonchev–Trinajstić information content (AvgIpc) is 3.36. The van der Waals surface area contributed by atoms with Crippen molar-refractivity contribution in [1.29, 1.82) is 0 Å². The Hall–Kier alpha value is -1.76. The standard InChI is InChI=1S/C18H27F3N4/c1-4-22-17(24-12-16(25(2)3)14-8-9-14)23-11-13-6-5-7-15(10-13)18(19,20)21/h5-7,10,14,16H,4,8-9,11-12H2,1-3H3,(H2,22,23,24). The lowest BCUT2D eigenvalue weighted by atomic mass is 10.1. The second-order valence-electron chi connectivity index (χ2n) is 6.64. The predicted octanol–water partition coefficient (Wildman–Crippen LogP) is 3.10. The van der Waals surface area contributed by atoms with Crippen LogP contribution < -0.4 is 10.6 Å². The van der Waals surface area contributed by atoms with Crippen molar-refractivity contribution in [1.82, 2.24) is 15.5 Å². The Kier molecular flexibility index (Phi) is 6.70. The van der Waals surface area contributed by atoms with Crippen LogP contribution >= 0.6 is 0 Å². The van der Waals surface area contributed by atoms with E-state index in [1.165, 1.54) is 18.9 Å². The Bertz CT molecular complexity index is 578. The largest absolute Gasteiger partial charge is 0.416 e. The molecule has 1 unspecified atom stereocenters. The maximum absolute atomic E-state index is 12.8. The van der Waals surface area contributed by atoms with E-state index in [0.717, 1.165) is 18.7 Å². The van der Waals surface area contributed by atoms with Crippen LogP contribution in [0.1, 0.15) is 30.9 Å². The number of likely N-dealkylation sites (N-methyl/N-ethyl adjacent to an activating group) is 1. The fourth-order valence-corrected chi connectivity index (χ4v) is 2.81. The summed E-state index contributed by atoms with van der Waals surface area (Å²) in [7, 11) is 4.13. The first-order chi connectivity index (χ1) is 11.8. The number of hydrogen-bond donors (Lipinski definition) is 2. The lowest BCUT2D eigenvalue weighted by Crippen LogP contribution is -2.46. The summed E-state index contributed by atoms with van der Waals surface area (Å²) in [5.74, 6) is 1.35. The zero-order valence-electron chi connectivity index (χ0n) is 15.0. The summed E-state index contributed by atoms with van der Waals surface area (Å²) in [5.41, 5.74) is -0.0991. The van der Waals surface area contributed by atoms with E-state index < -0.39 is 11.7 Å². The molecule has 0 aromatic heterocycles. The van der Waals surface area contributed by atoms with Gasteiger partial charge in [0, 0.05) is 19.1 Å². The number of hydrogen-bond acceptors (Lipinski definition) is 2. The topological polar surface area (TPSA) is 39.7 Å². The fraction of sp³-hybridized carbons (Fsp3) is 0.611. The highest BCUT2D eigenvalue weighted by molar-refractivity contribution is 5.79. The summed E-state index contributed by atoms with van der Waals surface area (Å²) in [6, 6.07) is 5.75. The summed E-state index contributed by atoms with van der Waals surface area (Å²) in [6.45, 7) is 3.64. The van der Waals surface area contributed by atoms with E-state index in [9.17, 15) is 13.2 Å². The van der Waals surface area contributed by atoms with Crippen LogP contribution in [0.4, 0.5) is 13.2 Å². The SMILES string of the molecule is CCNC(=NCc1cccc(C(F)(F)F)c1)NCC(C1CC1)N(C)C. The highest BCUT2D eigenvalue weighted by Crippen LogP contribution is 2.34. The molecule has 0 bridgehead atoms. The van der Waals surface area contributed by atoms with Crippen LogP contribution in [0.2, 0.25) is 0 Å². The van der Waals surface area contributed by atoms with Gasteiger partial charge >= 0.3 is 6.18 Å². The van der Waals surface area contributed by atoms with Crippen molar-refractivity contribution in [2.24, 2.45) is 10.9 Å². The molecule has 2 rings (SSSR count). The third-order valence-corrected chi connectivity index (χ3v) is 4.33. The maximum Gasteiger partial charge on any atom is 0.416 e. The Morgan fingerprint density at radius 2 is 2.00 bits per heavy atom. The summed E-state index contributed by atoms with van der Waals surface area (Å²) in [6.07, 6.45) is -1.82. The van der Waals surface area contributed by atoms with Gasteiger partial charge in [-0.1, -0.05) is 12.1 Å². The number of nitrogens with zero attached hydrogens (tertiary/aromatic N) is 2. The van der Waals surface area contributed by atoms with Crippen LogP contribution in [0.3, 0.4) is 0 Å². The average molecular weight is 356 g/mol. The number of halogens is 3. The second-order valence-corrected chi connectivity index (χ2v) is 6.64. The Labute approximate surface area is 147 Å². The summed E-state index contributed by atoms with van der Waals surface area (Å²) in [4.78, 5) is 6.64. The molecule has 1 saturated carbocycles. The number of benzene rings is 1. The van der Waals surface area contributed by atoms with E-state index in [0.29, 0.717) is 30.0 Å². The van der Waals surface area contributed by atoms with Gasteiger partial charge in [0.25, 0.3) is 0 Å². The van der Waals surface area contributed by atoms with Crippen LogP contribution in [0.25, 0.3) is 0 Å². The van der Waals surface area contributed by atoms with Gasteiger partial charge in [-0.15, -0.1) is 0 Å². The van der Waals surface area contributed by atoms with Crippen LogP contribution in [-0.4, -0.2) is 44.1 Å². The molecule has 0 spiro atoms. The minimum absolute atomic E-state index is 0.204. The highest BCUT2D eigenvalue weighted by atomic mass is 19.4. The molecule has 4 nitrogen and oxygen atoms in total. The Morgan fingerprint density at radius 1 is 1.28 bits per heavy atom. The van der Waals surface area contributed by atoms with Crippen molar-refractivity contribution < 1.29 is 13.2 Å². The first-order valence-electron chi connectivity index (χ1n) is 8.66. The van der Waals surface area contributed by atoms with E-state index in [2.05, 4.69) is 34.6 Å². The summed E-state index contributed by atoms with van der Waals surface area (Å²) in [5, 5.41) is 6.46. The Morgan fingerprint density at radius 3 is 2.56 bits per heavy atom. The summed E-state index contributed by atoms with van der Waals surface area (Å²) >= 11 is 0. The normalized spacial score (nSPS) is 16.8. The molecule has 7 heteroatoms. The van der Waals surface area contributed by atoms with Gasteiger partial charge in [-0.05, 0) is 57.5 Å². The van der Waals surface area contributed by atoms with Gasteiger partial charge < -0.3 is 15.5 Å². The third kappa shape index (κ3) is 6.23. The number of alkyl halides is 3. The summed E-state index contributed by atoms with van der Waals surface area (Å²) < 4.78 is 38.4. The molecule has 2 N–H and O–H groups in total. The first-order valence-corrected chi connectivity index (χ1v) is 8.66. The van der Waals surface area contributed by atoms with Crippen molar-refractivity contribution >= 4 is 5.96 Å². The number of aliphatic imine (C=N–C) groups is 1. The molecule has 1 aromatic rings. The highest BCUT2D eigenvalue weighted by Gasteiger charge is 2.32. The molecule has 0 aliphatic heterocycles. The van der Waals surface area contributed by atoms with Crippen LogP contribution in [0.15, 0.2) is 29.3 Å². The monoisotopic (exact) mass is 356 g/mol. The van der Waals surface area contributed by atoms with Gasteiger partial charge in [0.1, 0.15) is 0 Å². The molecule has 0 heterocycles. The van der Waals surface area contributed by atoms with Crippen LogP contribution in [0.5, 0.6) is 0 Å². The maximum atomic E-state index is 12.8. The zero-order valence-corrected chi connectivity index (χ0v) is 15.0. The molecule has 25 heavy (non-hydrogen) atoms. The lowest BCUT2D eigenvalue weighted by molar-refractivity contribution is -0.137. The van der Waals surface area contributed by atoms with Crippen molar-refractivity contribution in [2.45, 2.75) is 38.5 Å². The van der Waals surface area contributed by atoms with Gasteiger partial charge in [-0.2, -0.15) is 13.2 Å². The van der Waals surface area contributed by atoms with Crippen molar-refractivity contribution in [2.75, 3.05) is 27.2 Å². The molecule has 0 saturated heterocycles. The van der Waals surface area contributed by atoms with Crippen molar-refractivity contribution in [3.63, 3.8) is 0 Å². The van der Waals surface area contributed by atoms with Gasteiger partial charge in [0.15, 0.2) is 5.96 Å². The second kappa shape index (κ2) is 8.56. The minimum atomic E-state index is -4.33. The van der Waals surface area contributed by atoms with Gasteiger partial charge in [-0.3, -0.25) is 0 Å². The van der Waals surface area contributed by atoms with Crippen molar-refractivity contribution in [3.05, 3.63) is 35.4 Å². The van der Waals surface area contributed by atoms with E-state index in [1.54, 1.807) is 6.07 Å². The minimum Gasteiger partial charge on any atom is -0.357 e. The molecule has 0 radical (unpaired) electrons. The molecule has 1 aromatic carbocycles. The predicted molar refractivity (Wildman–Crippen MR) is 94.5 cm³/mol. The lowest BCUT2D eigenvalue weighted by Gasteiger charge is -2.25. The molecule has 1 aliphatic rings. The molecular formula is C18H27F3N4. The van der Waals surface area contributed by atoms with Gasteiger partial charge in [-0.25, -0.2) is 4.99 Å². The Balaban J connectivity index is 1.99. The van der Waals surface area contributed by atoms with Crippen molar-refractivity contribution in [3.8, 4) is 0 Å². The smallest absolute Gasteiger partial charge is 0.357 e. The molecule has 1 fully saturated rings. The third-order valence-electron chi connectivity index (χ3n) is 4.33. The molecular weight excluding hydrogens is 329 g/mol. The number of guanidine groups is 1. The van der Waals surface area contributed by atoms with Crippen LogP contribution in [-0.2, 0) is 12.7 Å².